The Bertz CT molecular complexity index is 578. The highest BCUT2D eigenvalue weighted by Crippen LogP contribution is 2.30. The van der Waals surface area contributed by atoms with Crippen LogP contribution in [0.3, 0.4) is 0 Å². The molecule has 25 heavy (non-hydrogen) atoms. The Kier molecular flexibility index (Phi) is 6.45. The van der Waals surface area contributed by atoms with E-state index in [1.807, 2.05) is 12.1 Å². The first kappa shape index (κ1) is 18.4. The zero-order chi connectivity index (χ0) is 17.6. The molecular weight excluding hydrogens is 316 g/mol. The number of ether oxygens (including phenoxy) is 1. The molecule has 5 heteroatoms. The third kappa shape index (κ3) is 5.03. The van der Waals surface area contributed by atoms with Crippen LogP contribution in [-0.2, 0) is 16.1 Å². The number of morpholine rings is 1. The summed E-state index contributed by atoms with van der Waals surface area (Å²) in [6, 6.07) is 8.34. The summed E-state index contributed by atoms with van der Waals surface area (Å²) in [5.41, 5.74) is 2.32. The van der Waals surface area contributed by atoms with Gasteiger partial charge in [-0.25, -0.2) is 0 Å². The molecular formula is C20H30N2O3. The Balaban J connectivity index is 1.54. The third-order valence-electron chi connectivity index (χ3n) is 5.48. The fourth-order valence-electron chi connectivity index (χ4n) is 4.10. The minimum Gasteiger partial charge on any atom is -0.393 e. The summed E-state index contributed by atoms with van der Waals surface area (Å²) in [6.45, 7) is 5.02. The van der Waals surface area contributed by atoms with Gasteiger partial charge in [-0.1, -0.05) is 42.7 Å². The number of carbonyl (C=O) groups is 1. The number of nitrogens with one attached hydrogen (secondary N) is 1. The van der Waals surface area contributed by atoms with Crippen molar-refractivity contribution in [3.8, 4) is 0 Å². The number of amides is 1. The Morgan fingerprint density at radius 2 is 2.20 bits per heavy atom. The van der Waals surface area contributed by atoms with Gasteiger partial charge in [0.05, 0.1) is 25.9 Å². The SMILES string of the molecule is Cc1cccc(CNC(=O)CN2CCOC[C@@H]2[C@@H]2CCCC[C@H]2O)c1. The molecule has 138 valence electrons. The van der Waals surface area contributed by atoms with Gasteiger partial charge in [-0.3, -0.25) is 9.69 Å². The van der Waals surface area contributed by atoms with Gasteiger partial charge < -0.3 is 15.2 Å². The number of hydrogen-bond donors (Lipinski definition) is 2. The standard InChI is InChI=1S/C20H30N2O3/c1-15-5-4-6-16(11-15)12-21-20(24)13-22-9-10-25-14-18(22)17-7-2-3-8-19(17)23/h4-6,11,17-19,23H,2-3,7-10,12-14H2,1H3,(H,21,24)/t17-,18+,19+/m0/s1. The first-order valence-corrected chi connectivity index (χ1v) is 9.45. The molecule has 3 rings (SSSR count). The second-order valence-corrected chi connectivity index (χ2v) is 7.39. The lowest BCUT2D eigenvalue weighted by Crippen LogP contribution is -2.55. The monoisotopic (exact) mass is 346 g/mol. The van der Waals surface area contributed by atoms with Crippen LogP contribution < -0.4 is 5.32 Å². The van der Waals surface area contributed by atoms with Crippen molar-refractivity contribution in [1.29, 1.82) is 0 Å². The van der Waals surface area contributed by atoms with Crippen LogP contribution in [0.4, 0.5) is 0 Å². The molecule has 1 aromatic rings. The molecule has 0 unspecified atom stereocenters. The first-order chi connectivity index (χ1) is 12.1. The molecule has 5 nitrogen and oxygen atoms in total. The molecule has 0 spiro atoms. The van der Waals surface area contributed by atoms with E-state index in [-0.39, 0.29) is 24.0 Å². The van der Waals surface area contributed by atoms with Crippen molar-refractivity contribution < 1.29 is 14.6 Å². The topological polar surface area (TPSA) is 61.8 Å². The molecule has 1 saturated heterocycles. The van der Waals surface area contributed by atoms with Gasteiger partial charge >= 0.3 is 0 Å². The Morgan fingerprint density at radius 3 is 3.00 bits per heavy atom. The fraction of sp³-hybridized carbons (Fsp3) is 0.650. The molecule has 1 saturated carbocycles. The fourth-order valence-corrected chi connectivity index (χ4v) is 4.10. The normalized spacial score (nSPS) is 27.8. The van der Waals surface area contributed by atoms with E-state index < -0.39 is 0 Å². The van der Waals surface area contributed by atoms with E-state index in [2.05, 4.69) is 29.3 Å². The number of carbonyl (C=O) groups excluding carboxylic acids is 1. The largest absolute Gasteiger partial charge is 0.393 e. The summed E-state index contributed by atoms with van der Waals surface area (Å²) in [4.78, 5) is 14.6. The van der Waals surface area contributed by atoms with Crippen molar-refractivity contribution in [2.75, 3.05) is 26.3 Å². The molecule has 2 aliphatic rings. The van der Waals surface area contributed by atoms with Gasteiger partial charge in [0.1, 0.15) is 0 Å². The lowest BCUT2D eigenvalue weighted by molar-refractivity contribution is -0.127. The van der Waals surface area contributed by atoms with E-state index in [0.717, 1.165) is 37.8 Å². The van der Waals surface area contributed by atoms with E-state index >= 15 is 0 Å². The van der Waals surface area contributed by atoms with E-state index in [4.69, 9.17) is 4.74 Å². The first-order valence-electron chi connectivity index (χ1n) is 9.45. The number of hydrogen-bond acceptors (Lipinski definition) is 4. The lowest BCUT2D eigenvalue weighted by Gasteiger charge is -2.43. The smallest absolute Gasteiger partial charge is 0.234 e. The quantitative estimate of drug-likeness (QED) is 0.854. The summed E-state index contributed by atoms with van der Waals surface area (Å²) in [5, 5.41) is 13.4. The number of benzene rings is 1. The van der Waals surface area contributed by atoms with Crippen LogP contribution in [0.25, 0.3) is 0 Å². The molecule has 3 atom stereocenters. The van der Waals surface area contributed by atoms with Gasteiger partial charge in [-0.05, 0) is 25.3 Å². The van der Waals surface area contributed by atoms with Crippen LogP contribution in [-0.4, -0.2) is 54.4 Å². The molecule has 1 aromatic carbocycles. The minimum atomic E-state index is -0.265. The third-order valence-corrected chi connectivity index (χ3v) is 5.48. The summed E-state index contributed by atoms with van der Waals surface area (Å²) >= 11 is 0. The molecule has 0 aromatic heterocycles. The molecule has 1 amide bonds. The lowest BCUT2D eigenvalue weighted by atomic mass is 9.80. The van der Waals surface area contributed by atoms with Crippen molar-refractivity contribution in [2.24, 2.45) is 5.92 Å². The average Bonchev–Trinajstić information content (AvgIpc) is 2.61. The molecule has 0 bridgehead atoms. The molecule has 2 N–H and O–H groups in total. The minimum absolute atomic E-state index is 0.0405. The van der Waals surface area contributed by atoms with Gasteiger partial charge in [-0.15, -0.1) is 0 Å². The summed E-state index contributed by atoms with van der Waals surface area (Å²) in [6.07, 6.45) is 3.89. The second kappa shape index (κ2) is 8.79. The average molecular weight is 346 g/mol. The zero-order valence-corrected chi connectivity index (χ0v) is 15.1. The maximum Gasteiger partial charge on any atom is 0.234 e. The van der Waals surface area contributed by atoms with Gasteiger partial charge in [-0.2, -0.15) is 0 Å². The van der Waals surface area contributed by atoms with E-state index in [1.165, 1.54) is 5.56 Å². The molecule has 1 heterocycles. The predicted molar refractivity (Wildman–Crippen MR) is 97.2 cm³/mol. The van der Waals surface area contributed by atoms with Gasteiger partial charge in [0.25, 0.3) is 0 Å². The summed E-state index contributed by atoms with van der Waals surface area (Å²) in [5.74, 6) is 0.261. The van der Waals surface area contributed by atoms with Crippen LogP contribution >= 0.6 is 0 Å². The molecule has 1 aliphatic heterocycles. The molecule has 2 fully saturated rings. The highest BCUT2D eigenvalue weighted by molar-refractivity contribution is 5.78. The van der Waals surface area contributed by atoms with Crippen molar-refractivity contribution >= 4 is 5.91 Å². The van der Waals surface area contributed by atoms with Crippen molar-refractivity contribution in [3.05, 3.63) is 35.4 Å². The maximum absolute atomic E-state index is 12.4. The van der Waals surface area contributed by atoms with Gasteiger partial charge in [0.15, 0.2) is 0 Å². The van der Waals surface area contributed by atoms with E-state index in [1.54, 1.807) is 0 Å². The van der Waals surface area contributed by atoms with Crippen LogP contribution in [0.2, 0.25) is 0 Å². The zero-order valence-electron chi connectivity index (χ0n) is 15.1. The number of nitrogens with zero attached hydrogens (tertiary/aromatic N) is 1. The maximum atomic E-state index is 12.4. The van der Waals surface area contributed by atoms with Crippen molar-refractivity contribution in [1.82, 2.24) is 10.2 Å². The van der Waals surface area contributed by atoms with Crippen molar-refractivity contribution in [2.45, 2.75) is 51.3 Å². The van der Waals surface area contributed by atoms with Crippen molar-refractivity contribution in [3.63, 3.8) is 0 Å². The van der Waals surface area contributed by atoms with Gasteiger partial charge in [0, 0.05) is 25.0 Å². The highest BCUT2D eigenvalue weighted by Gasteiger charge is 2.36. The second-order valence-electron chi connectivity index (χ2n) is 7.39. The Labute approximate surface area is 150 Å². The number of aliphatic hydroxyl groups excluding tert-OH is 1. The van der Waals surface area contributed by atoms with Crippen LogP contribution in [0.1, 0.15) is 36.8 Å². The van der Waals surface area contributed by atoms with Gasteiger partial charge in [0.2, 0.25) is 5.91 Å². The van der Waals surface area contributed by atoms with Crippen LogP contribution in [0.15, 0.2) is 24.3 Å². The summed E-state index contributed by atoms with van der Waals surface area (Å²) in [7, 11) is 0. The summed E-state index contributed by atoms with van der Waals surface area (Å²) < 4.78 is 5.65. The Hall–Kier alpha value is -1.43. The Morgan fingerprint density at radius 1 is 1.36 bits per heavy atom. The molecule has 1 aliphatic carbocycles. The molecule has 0 radical (unpaired) electrons. The van der Waals surface area contributed by atoms with E-state index in [0.29, 0.717) is 26.3 Å². The predicted octanol–water partition coefficient (Wildman–Crippen LogP) is 1.86. The van der Waals surface area contributed by atoms with Crippen LogP contribution in [0, 0.1) is 12.8 Å². The van der Waals surface area contributed by atoms with Crippen LogP contribution in [0.5, 0.6) is 0 Å². The number of aliphatic hydroxyl groups is 1. The number of rotatable bonds is 5. The number of aryl methyl sites for hydroxylation is 1. The van der Waals surface area contributed by atoms with E-state index in [9.17, 15) is 9.90 Å². The highest BCUT2D eigenvalue weighted by atomic mass is 16.5.